The fourth-order valence-electron chi connectivity index (χ4n) is 0.156. The van der Waals surface area contributed by atoms with Gasteiger partial charge in [-0.25, -0.2) is 0 Å². The van der Waals surface area contributed by atoms with Gasteiger partial charge in [0.1, 0.15) is 6.54 Å². The van der Waals surface area contributed by atoms with Gasteiger partial charge in [-0.1, -0.05) is 0 Å². The number of hydrogen-bond donors (Lipinski definition) is 3. The molecule has 0 spiro atoms. The third kappa shape index (κ3) is 19.2. The van der Waals surface area contributed by atoms with Crippen LogP contribution in [0.25, 0.3) is 0 Å². The predicted octanol–water partition coefficient (Wildman–Crippen LogP) is -1.08. The third-order valence-corrected chi connectivity index (χ3v) is 0.318. The van der Waals surface area contributed by atoms with Crippen LogP contribution >= 0.6 is 0 Å². The Morgan fingerprint density at radius 1 is 1.56 bits per heavy atom. The van der Waals surface area contributed by atoms with Crippen LogP contribution in [0, 0.1) is 0 Å². The average molecular weight is 133 g/mol. The summed E-state index contributed by atoms with van der Waals surface area (Å²) < 4.78 is 0. The number of hydrazine groups is 2. The molecule has 0 bridgehead atoms. The van der Waals surface area contributed by atoms with Gasteiger partial charge in [0.2, 0.25) is 0 Å². The molecular weight excluding hydrogens is 122 g/mol. The van der Waals surface area contributed by atoms with Gasteiger partial charge >= 0.3 is 5.97 Å². The molecule has 9 heavy (non-hydrogen) atoms. The van der Waals surface area contributed by atoms with Crippen LogP contribution in [0.3, 0.4) is 0 Å². The number of rotatable bonds is 2. The number of carboxylic acids is 1. The molecule has 0 amide bonds. The number of hydrogen-bond acceptors (Lipinski definition) is 4. The number of nitrogens with two attached hydrogens (primary N) is 2. The van der Waals surface area contributed by atoms with E-state index in [-0.39, 0.29) is 6.54 Å². The molecule has 5 N–H and O–H groups in total. The zero-order valence-electron chi connectivity index (χ0n) is 5.08. The summed E-state index contributed by atoms with van der Waals surface area (Å²) in [4.78, 5) is 9.61. The first-order valence-corrected chi connectivity index (χ1v) is 2.11. The SMILES string of the molecule is C=C.NN(N)CC(=O)O. The van der Waals surface area contributed by atoms with Gasteiger partial charge in [-0.2, -0.15) is 5.12 Å². The summed E-state index contributed by atoms with van der Waals surface area (Å²) in [5, 5.41) is 8.48. The molecule has 0 rings (SSSR count). The Morgan fingerprint density at radius 3 is 1.89 bits per heavy atom. The second-order valence-electron chi connectivity index (χ2n) is 1.07. The minimum Gasteiger partial charge on any atom is -0.480 e. The molecule has 0 saturated heterocycles. The van der Waals surface area contributed by atoms with Gasteiger partial charge in [0.15, 0.2) is 0 Å². The van der Waals surface area contributed by atoms with Crippen molar-refractivity contribution in [2.75, 3.05) is 6.54 Å². The Bertz CT molecular complexity index is 83.9. The van der Waals surface area contributed by atoms with Crippen molar-refractivity contribution in [3.63, 3.8) is 0 Å². The van der Waals surface area contributed by atoms with Crippen LogP contribution in [0.2, 0.25) is 0 Å². The quantitative estimate of drug-likeness (QED) is 0.253. The summed E-state index contributed by atoms with van der Waals surface area (Å²) in [6.07, 6.45) is 0. The van der Waals surface area contributed by atoms with E-state index in [0.29, 0.717) is 5.12 Å². The number of nitrogens with zero attached hydrogens (tertiary/aromatic N) is 1. The topological polar surface area (TPSA) is 92.6 Å². The van der Waals surface area contributed by atoms with Crippen LogP contribution in [0.1, 0.15) is 0 Å². The maximum Gasteiger partial charge on any atom is 0.320 e. The van der Waals surface area contributed by atoms with Gasteiger partial charge in [0, 0.05) is 0 Å². The lowest BCUT2D eigenvalue weighted by atomic mass is 10.7. The predicted molar refractivity (Wildman–Crippen MR) is 34.0 cm³/mol. The highest BCUT2D eigenvalue weighted by Gasteiger charge is 1.95. The Labute approximate surface area is 53.5 Å². The molecule has 0 aromatic carbocycles. The van der Waals surface area contributed by atoms with Crippen LogP contribution < -0.4 is 11.7 Å². The highest BCUT2D eigenvalue weighted by molar-refractivity contribution is 5.68. The van der Waals surface area contributed by atoms with Crippen LogP contribution in [0.5, 0.6) is 0 Å². The van der Waals surface area contributed by atoms with Crippen molar-refractivity contribution < 1.29 is 9.90 Å². The second kappa shape index (κ2) is 7.09. The Kier molecular flexibility index (Phi) is 8.64. The standard InChI is InChI=1S/C2H7N3O2.C2H4/c3-5(4)1-2(6)7;1-2/h1,3-4H2,(H,6,7);1-2H2. The van der Waals surface area contributed by atoms with E-state index in [0.717, 1.165) is 0 Å². The van der Waals surface area contributed by atoms with Crippen LogP contribution in [0.15, 0.2) is 13.2 Å². The van der Waals surface area contributed by atoms with Gasteiger partial charge in [-0.3, -0.25) is 16.5 Å². The van der Waals surface area contributed by atoms with Crippen molar-refractivity contribution in [3.8, 4) is 0 Å². The van der Waals surface area contributed by atoms with Gasteiger partial charge in [-0.05, 0) is 0 Å². The van der Waals surface area contributed by atoms with Gasteiger partial charge in [-0.15, -0.1) is 13.2 Å². The summed E-state index contributed by atoms with van der Waals surface area (Å²) in [5.74, 6) is 8.41. The third-order valence-electron chi connectivity index (χ3n) is 0.318. The molecule has 0 aromatic heterocycles. The minimum atomic E-state index is -1.04. The molecular formula is C4H11N3O2. The van der Waals surface area contributed by atoms with Crippen molar-refractivity contribution in [2.24, 2.45) is 11.7 Å². The van der Waals surface area contributed by atoms with Crippen LogP contribution in [0.4, 0.5) is 0 Å². The van der Waals surface area contributed by atoms with Crippen LogP contribution in [-0.4, -0.2) is 22.7 Å². The van der Waals surface area contributed by atoms with Crippen molar-refractivity contribution in [2.45, 2.75) is 0 Å². The first-order chi connectivity index (χ1) is 4.13. The molecule has 0 radical (unpaired) electrons. The molecule has 0 aromatic rings. The molecule has 0 heterocycles. The monoisotopic (exact) mass is 133 g/mol. The Balaban J connectivity index is 0. The van der Waals surface area contributed by atoms with E-state index in [9.17, 15) is 4.79 Å². The number of carbonyl (C=O) groups is 1. The average Bonchev–Trinajstić information content (AvgIpc) is 1.68. The maximum absolute atomic E-state index is 9.61. The lowest BCUT2D eigenvalue weighted by Crippen LogP contribution is -2.41. The largest absolute Gasteiger partial charge is 0.480 e. The first kappa shape index (κ1) is 11.0. The van der Waals surface area contributed by atoms with Crippen molar-refractivity contribution in [3.05, 3.63) is 13.2 Å². The number of aliphatic carboxylic acids is 1. The molecule has 0 saturated carbocycles. The summed E-state index contributed by atoms with van der Waals surface area (Å²) in [7, 11) is 0. The van der Waals surface area contributed by atoms with E-state index in [2.05, 4.69) is 13.2 Å². The van der Waals surface area contributed by atoms with Crippen molar-refractivity contribution >= 4 is 5.97 Å². The molecule has 0 aliphatic heterocycles. The van der Waals surface area contributed by atoms with Crippen molar-refractivity contribution in [1.82, 2.24) is 5.12 Å². The first-order valence-electron chi connectivity index (χ1n) is 2.11. The van der Waals surface area contributed by atoms with Crippen LogP contribution in [-0.2, 0) is 4.79 Å². The second-order valence-corrected chi connectivity index (χ2v) is 1.07. The zero-order valence-corrected chi connectivity index (χ0v) is 5.08. The summed E-state index contributed by atoms with van der Waals surface area (Å²) >= 11 is 0. The molecule has 0 unspecified atom stereocenters. The van der Waals surface area contributed by atoms with Crippen molar-refractivity contribution in [1.29, 1.82) is 0 Å². The molecule has 0 aliphatic carbocycles. The van der Waals surface area contributed by atoms with Gasteiger partial charge < -0.3 is 5.11 Å². The molecule has 54 valence electrons. The number of carboxylic acid groups (broad SMARTS) is 1. The van der Waals surface area contributed by atoms with E-state index in [4.69, 9.17) is 16.8 Å². The van der Waals surface area contributed by atoms with E-state index in [1.54, 1.807) is 0 Å². The fraction of sp³-hybridized carbons (Fsp3) is 0.250. The molecule has 5 nitrogen and oxygen atoms in total. The van der Waals surface area contributed by atoms with Gasteiger partial charge in [0.25, 0.3) is 0 Å². The summed E-state index contributed by atoms with van der Waals surface area (Å²) in [6, 6.07) is 0. The summed E-state index contributed by atoms with van der Waals surface area (Å²) in [5.41, 5.74) is 0. The maximum atomic E-state index is 9.61. The van der Waals surface area contributed by atoms with E-state index >= 15 is 0 Å². The smallest absolute Gasteiger partial charge is 0.320 e. The highest BCUT2D eigenvalue weighted by atomic mass is 16.4. The summed E-state index contributed by atoms with van der Waals surface area (Å²) in [6.45, 7) is 5.67. The van der Waals surface area contributed by atoms with E-state index in [1.807, 2.05) is 0 Å². The zero-order chi connectivity index (χ0) is 7.86. The fourth-order valence-corrected chi connectivity index (χ4v) is 0.156. The molecule has 0 aliphatic rings. The van der Waals surface area contributed by atoms with Gasteiger partial charge in [0.05, 0.1) is 0 Å². The Morgan fingerprint density at radius 2 is 1.89 bits per heavy atom. The molecule has 5 heteroatoms. The molecule has 0 fully saturated rings. The van der Waals surface area contributed by atoms with E-state index in [1.165, 1.54) is 0 Å². The molecule has 0 atom stereocenters. The normalized spacial score (nSPS) is 7.89. The lowest BCUT2D eigenvalue weighted by molar-refractivity contribution is -0.138. The van der Waals surface area contributed by atoms with E-state index < -0.39 is 5.97 Å². The lowest BCUT2D eigenvalue weighted by Gasteiger charge is -2.01. The Hall–Kier alpha value is -0.910. The highest BCUT2D eigenvalue weighted by Crippen LogP contribution is 1.60. The minimum absolute atomic E-state index is 0.333.